The number of halogens is 6. The van der Waals surface area contributed by atoms with Crippen LogP contribution in [0.1, 0.15) is 19.3 Å². The number of alkyl halides is 6. The van der Waals surface area contributed by atoms with Crippen LogP contribution in [-0.4, -0.2) is 37.8 Å². The SMILES string of the molecule is FC(F)(F)CO[C@H]1C[C@H]2C[C@@H]1C[C@@H]2OCC(F)(F)F. The summed E-state index contributed by atoms with van der Waals surface area (Å²) in [6, 6.07) is 0. The quantitative estimate of drug-likeness (QED) is 0.740. The molecule has 19 heavy (non-hydrogen) atoms. The second-order valence-electron chi connectivity index (χ2n) is 5.16. The first-order chi connectivity index (χ1) is 8.64. The molecule has 0 radical (unpaired) electrons. The third-order valence-corrected chi connectivity index (χ3v) is 3.65. The fraction of sp³-hybridized carbons (Fsp3) is 1.00. The largest absolute Gasteiger partial charge is 0.411 e. The summed E-state index contributed by atoms with van der Waals surface area (Å²) in [5, 5.41) is 0. The number of hydrogen-bond acceptors (Lipinski definition) is 2. The predicted octanol–water partition coefficient (Wildman–Crippen LogP) is 3.31. The van der Waals surface area contributed by atoms with E-state index in [4.69, 9.17) is 9.47 Å². The van der Waals surface area contributed by atoms with Crippen molar-refractivity contribution < 1.29 is 35.8 Å². The molecule has 0 N–H and O–H groups in total. The Bertz CT molecular complexity index is 283. The molecule has 2 aliphatic carbocycles. The van der Waals surface area contributed by atoms with Gasteiger partial charge in [0.2, 0.25) is 0 Å². The Morgan fingerprint density at radius 2 is 1.05 bits per heavy atom. The summed E-state index contributed by atoms with van der Waals surface area (Å²) in [6.45, 7) is -2.59. The minimum absolute atomic E-state index is 0.120. The monoisotopic (exact) mass is 292 g/mol. The number of ether oxygens (including phenoxy) is 2. The molecule has 0 aromatic heterocycles. The van der Waals surface area contributed by atoms with Gasteiger partial charge >= 0.3 is 12.4 Å². The van der Waals surface area contributed by atoms with E-state index in [2.05, 4.69) is 0 Å². The van der Waals surface area contributed by atoms with Gasteiger partial charge in [0, 0.05) is 0 Å². The van der Waals surface area contributed by atoms with Crippen LogP contribution in [0.5, 0.6) is 0 Å². The minimum Gasteiger partial charge on any atom is -0.369 e. The van der Waals surface area contributed by atoms with Gasteiger partial charge in [-0.25, -0.2) is 0 Å². The molecule has 112 valence electrons. The van der Waals surface area contributed by atoms with Crippen LogP contribution in [0.3, 0.4) is 0 Å². The Morgan fingerprint density at radius 3 is 1.32 bits per heavy atom. The molecule has 0 unspecified atom stereocenters. The van der Waals surface area contributed by atoms with Gasteiger partial charge in [0.15, 0.2) is 0 Å². The average molecular weight is 292 g/mol. The van der Waals surface area contributed by atoms with Gasteiger partial charge in [-0.2, -0.15) is 26.3 Å². The van der Waals surface area contributed by atoms with Gasteiger partial charge in [-0.15, -0.1) is 0 Å². The van der Waals surface area contributed by atoms with E-state index >= 15 is 0 Å². The first-order valence-electron chi connectivity index (χ1n) is 6.01. The van der Waals surface area contributed by atoms with Crippen molar-refractivity contribution in [2.24, 2.45) is 11.8 Å². The molecule has 0 aliphatic heterocycles. The molecular formula is C11H14F6O2. The normalized spacial score (nSPS) is 35.1. The van der Waals surface area contributed by atoms with Crippen LogP contribution in [0.2, 0.25) is 0 Å². The van der Waals surface area contributed by atoms with Gasteiger partial charge < -0.3 is 9.47 Å². The molecule has 4 atom stereocenters. The van der Waals surface area contributed by atoms with Gasteiger partial charge in [-0.3, -0.25) is 0 Å². The summed E-state index contributed by atoms with van der Waals surface area (Å²) in [4.78, 5) is 0. The number of rotatable bonds is 4. The van der Waals surface area contributed by atoms with E-state index in [1.54, 1.807) is 0 Å². The maximum atomic E-state index is 12.0. The molecule has 0 heterocycles. The Kier molecular flexibility index (Phi) is 4.02. The molecule has 2 fully saturated rings. The third kappa shape index (κ3) is 4.24. The zero-order valence-corrected chi connectivity index (χ0v) is 9.93. The number of hydrogen-bond donors (Lipinski definition) is 0. The molecule has 2 rings (SSSR count). The molecule has 0 saturated heterocycles. The summed E-state index contributed by atoms with van der Waals surface area (Å²) in [6.07, 6.45) is -8.45. The van der Waals surface area contributed by atoms with E-state index in [0.717, 1.165) is 0 Å². The van der Waals surface area contributed by atoms with E-state index in [9.17, 15) is 26.3 Å². The summed E-state index contributed by atoms with van der Waals surface area (Å²) in [5.41, 5.74) is 0. The van der Waals surface area contributed by atoms with Gasteiger partial charge in [0.05, 0.1) is 12.2 Å². The van der Waals surface area contributed by atoms with E-state index in [0.29, 0.717) is 19.3 Å². The van der Waals surface area contributed by atoms with E-state index in [-0.39, 0.29) is 11.8 Å². The smallest absolute Gasteiger partial charge is 0.369 e. The highest BCUT2D eigenvalue weighted by Crippen LogP contribution is 2.48. The Morgan fingerprint density at radius 1 is 0.684 bits per heavy atom. The van der Waals surface area contributed by atoms with Crippen LogP contribution in [-0.2, 0) is 9.47 Å². The lowest BCUT2D eigenvalue weighted by molar-refractivity contribution is -0.202. The molecule has 0 amide bonds. The highest BCUT2D eigenvalue weighted by Gasteiger charge is 2.48. The lowest BCUT2D eigenvalue weighted by Crippen LogP contribution is -2.33. The van der Waals surface area contributed by atoms with Crippen LogP contribution >= 0.6 is 0 Å². The van der Waals surface area contributed by atoms with E-state index < -0.39 is 37.8 Å². The fourth-order valence-corrected chi connectivity index (χ4v) is 2.98. The van der Waals surface area contributed by atoms with Crippen molar-refractivity contribution in [2.45, 2.75) is 43.8 Å². The van der Waals surface area contributed by atoms with Crippen molar-refractivity contribution in [1.82, 2.24) is 0 Å². The van der Waals surface area contributed by atoms with Gasteiger partial charge in [0.25, 0.3) is 0 Å². The van der Waals surface area contributed by atoms with Crippen LogP contribution in [0.15, 0.2) is 0 Å². The molecule has 8 heteroatoms. The Labute approximate surface area is 106 Å². The molecule has 0 aromatic rings. The standard InChI is InChI=1S/C11H14F6O2/c12-10(13,14)4-18-8-2-6-1-7(8)3-9(6)19-5-11(15,16)17/h6-9H,1-5H2/t6-,7-,8+,9+/m1/s1. The maximum absolute atomic E-state index is 12.0. The second kappa shape index (κ2) is 5.12. The average Bonchev–Trinajstić information content (AvgIpc) is 2.80. The predicted molar refractivity (Wildman–Crippen MR) is 52.4 cm³/mol. The summed E-state index contributed by atoms with van der Waals surface area (Å²) < 4.78 is 81.6. The van der Waals surface area contributed by atoms with Crippen LogP contribution in [0.4, 0.5) is 26.3 Å². The molecular weight excluding hydrogens is 278 g/mol. The van der Waals surface area contributed by atoms with Crippen molar-refractivity contribution >= 4 is 0 Å². The van der Waals surface area contributed by atoms with Crippen molar-refractivity contribution in [3.05, 3.63) is 0 Å². The first-order valence-corrected chi connectivity index (χ1v) is 6.01. The van der Waals surface area contributed by atoms with E-state index in [1.807, 2.05) is 0 Å². The molecule has 0 spiro atoms. The van der Waals surface area contributed by atoms with Gasteiger partial charge in [-0.1, -0.05) is 0 Å². The molecule has 2 aliphatic rings. The lowest BCUT2D eigenvalue weighted by atomic mass is 9.95. The molecule has 2 bridgehead atoms. The van der Waals surface area contributed by atoms with Gasteiger partial charge in [-0.05, 0) is 31.1 Å². The number of fused-ring (bicyclic) bond motifs is 2. The molecule has 0 aromatic carbocycles. The zero-order chi connectivity index (χ0) is 14.3. The highest BCUT2D eigenvalue weighted by molar-refractivity contribution is 4.97. The zero-order valence-electron chi connectivity index (χ0n) is 9.93. The maximum Gasteiger partial charge on any atom is 0.411 e. The van der Waals surface area contributed by atoms with Crippen molar-refractivity contribution in [3.63, 3.8) is 0 Å². The Hall–Kier alpha value is -0.500. The van der Waals surface area contributed by atoms with Crippen molar-refractivity contribution in [3.8, 4) is 0 Å². The van der Waals surface area contributed by atoms with Crippen LogP contribution < -0.4 is 0 Å². The topological polar surface area (TPSA) is 18.5 Å². The Balaban J connectivity index is 1.75. The fourth-order valence-electron chi connectivity index (χ4n) is 2.98. The summed E-state index contributed by atoms with van der Waals surface area (Å²) in [5.74, 6) is -0.240. The van der Waals surface area contributed by atoms with Gasteiger partial charge in [0.1, 0.15) is 13.2 Å². The molecule has 2 nitrogen and oxygen atoms in total. The van der Waals surface area contributed by atoms with E-state index in [1.165, 1.54) is 0 Å². The summed E-state index contributed by atoms with van der Waals surface area (Å²) in [7, 11) is 0. The first kappa shape index (κ1) is 14.9. The van der Waals surface area contributed by atoms with Crippen molar-refractivity contribution in [2.75, 3.05) is 13.2 Å². The summed E-state index contributed by atoms with van der Waals surface area (Å²) >= 11 is 0. The third-order valence-electron chi connectivity index (χ3n) is 3.65. The van der Waals surface area contributed by atoms with Crippen LogP contribution in [0, 0.1) is 11.8 Å². The van der Waals surface area contributed by atoms with Crippen LogP contribution in [0.25, 0.3) is 0 Å². The minimum atomic E-state index is -4.37. The van der Waals surface area contributed by atoms with Crippen molar-refractivity contribution in [1.29, 1.82) is 0 Å². The molecule has 2 saturated carbocycles. The highest BCUT2D eigenvalue weighted by atomic mass is 19.4. The second-order valence-corrected chi connectivity index (χ2v) is 5.16. The lowest BCUT2D eigenvalue weighted by Gasteiger charge is -2.28.